The summed E-state index contributed by atoms with van der Waals surface area (Å²) in [5, 5.41) is 2.77. The minimum atomic E-state index is -3.19. The van der Waals surface area contributed by atoms with Crippen molar-refractivity contribution in [2.75, 3.05) is 6.26 Å². The highest BCUT2D eigenvalue weighted by molar-refractivity contribution is 7.90. The third-order valence-electron chi connectivity index (χ3n) is 3.09. The molecule has 0 bridgehead atoms. The van der Waals surface area contributed by atoms with Crippen LogP contribution in [0.2, 0.25) is 0 Å². The lowest BCUT2D eigenvalue weighted by molar-refractivity contribution is -0.126. The quantitative estimate of drug-likeness (QED) is 0.827. The summed E-state index contributed by atoms with van der Waals surface area (Å²) in [5.41, 5.74) is 5.88. The Morgan fingerprint density at radius 1 is 1.29 bits per heavy atom. The summed E-state index contributed by atoms with van der Waals surface area (Å²) in [6.45, 7) is 4.01. The van der Waals surface area contributed by atoms with Crippen LogP contribution >= 0.6 is 12.4 Å². The second kappa shape index (κ2) is 7.77. The average Bonchev–Trinajstić information content (AvgIpc) is 2.35. The summed E-state index contributed by atoms with van der Waals surface area (Å²) >= 11 is 0. The van der Waals surface area contributed by atoms with E-state index in [0.29, 0.717) is 13.0 Å². The summed E-state index contributed by atoms with van der Waals surface area (Å²) in [6.07, 6.45) is 2.61. The number of carbonyl (C=O) groups is 1. The van der Waals surface area contributed by atoms with E-state index in [1.807, 2.05) is 6.92 Å². The van der Waals surface area contributed by atoms with E-state index in [4.69, 9.17) is 5.73 Å². The molecule has 1 amide bonds. The van der Waals surface area contributed by atoms with Crippen LogP contribution in [-0.4, -0.2) is 26.1 Å². The number of sulfone groups is 1. The van der Waals surface area contributed by atoms with Crippen molar-refractivity contribution in [2.45, 2.75) is 43.7 Å². The number of amides is 1. The Balaban J connectivity index is 0.00000400. The molecule has 120 valence electrons. The first-order chi connectivity index (χ1) is 9.16. The molecule has 1 aromatic carbocycles. The molecule has 5 nitrogen and oxygen atoms in total. The highest BCUT2D eigenvalue weighted by atomic mass is 35.5. The third kappa shape index (κ3) is 6.03. The van der Waals surface area contributed by atoms with Gasteiger partial charge < -0.3 is 11.1 Å². The number of benzene rings is 1. The van der Waals surface area contributed by atoms with Crippen LogP contribution in [0.5, 0.6) is 0 Å². The second-order valence-electron chi connectivity index (χ2n) is 5.27. The molecule has 0 heterocycles. The summed E-state index contributed by atoms with van der Waals surface area (Å²) in [7, 11) is -3.19. The summed E-state index contributed by atoms with van der Waals surface area (Å²) in [5.74, 6) is -0.202. The van der Waals surface area contributed by atoms with Crippen LogP contribution in [-0.2, 0) is 21.2 Å². The Bertz CT molecular complexity index is 568. The highest BCUT2D eigenvalue weighted by Gasteiger charge is 2.26. The van der Waals surface area contributed by atoms with Crippen molar-refractivity contribution < 1.29 is 13.2 Å². The van der Waals surface area contributed by atoms with Gasteiger partial charge in [-0.2, -0.15) is 0 Å². The van der Waals surface area contributed by atoms with Gasteiger partial charge in [0.2, 0.25) is 5.91 Å². The lowest BCUT2D eigenvalue weighted by Crippen LogP contribution is -2.51. The van der Waals surface area contributed by atoms with Crippen molar-refractivity contribution in [3.8, 4) is 0 Å². The highest BCUT2D eigenvalue weighted by Crippen LogP contribution is 2.11. The fourth-order valence-corrected chi connectivity index (χ4v) is 2.50. The van der Waals surface area contributed by atoms with E-state index in [1.54, 1.807) is 19.1 Å². The van der Waals surface area contributed by atoms with Gasteiger partial charge in [0.1, 0.15) is 0 Å². The van der Waals surface area contributed by atoms with Crippen LogP contribution in [0, 0.1) is 0 Å². The molecule has 0 aliphatic rings. The maximum Gasteiger partial charge on any atom is 0.240 e. The molecular weight excluding hydrogens is 312 g/mol. The molecule has 0 saturated carbocycles. The van der Waals surface area contributed by atoms with E-state index in [2.05, 4.69) is 5.32 Å². The first-order valence-electron chi connectivity index (χ1n) is 6.53. The molecular formula is C14H23ClN2O3S. The van der Waals surface area contributed by atoms with Gasteiger partial charge in [-0.25, -0.2) is 8.42 Å². The Morgan fingerprint density at radius 2 is 1.81 bits per heavy atom. The van der Waals surface area contributed by atoms with Crippen LogP contribution in [0.25, 0.3) is 0 Å². The van der Waals surface area contributed by atoms with Crippen LogP contribution in [0.3, 0.4) is 0 Å². The molecule has 0 aliphatic carbocycles. The predicted octanol–water partition coefficient (Wildman–Crippen LogP) is 1.65. The fourth-order valence-electron chi connectivity index (χ4n) is 1.87. The molecule has 1 atom stereocenters. The molecule has 0 radical (unpaired) electrons. The molecule has 7 heteroatoms. The Labute approximate surface area is 132 Å². The third-order valence-corrected chi connectivity index (χ3v) is 4.22. The molecule has 0 fully saturated rings. The Morgan fingerprint density at radius 3 is 2.24 bits per heavy atom. The van der Waals surface area contributed by atoms with Gasteiger partial charge in [-0.1, -0.05) is 25.5 Å². The van der Waals surface area contributed by atoms with Crippen LogP contribution < -0.4 is 11.1 Å². The number of halogens is 1. The minimum Gasteiger partial charge on any atom is -0.350 e. The van der Waals surface area contributed by atoms with Gasteiger partial charge in [0.15, 0.2) is 9.84 Å². The average molecular weight is 335 g/mol. The SMILES string of the molecule is CCCC(C)(N)C(=O)NCc1ccc(S(C)(=O)=O)cc1.Cl. The largest absolute Gasteiger partial charge is 0.350 e. The number of rotatable bonds is 6. The normalized spacial score (nSPS) is 13.9. The van der Waals surface area contributed by atoms with Crippen molar-refractivity contribution in [1.29, 1.82) is 0 Å². The van der Waals surface area contributed by atoms with E-state index >= 15 is 0 Å². The van der Waals surface area contributed by atoms with Crippen molar-refractivity contribution in [1.82, 2.24) is 5.32 Å². The maximum absolute atomic E-state index is 11.9. The van der Waals surface area contributed by atoms with E-state index in [-0.39, 0.29) is 23.2 Å². The molecule has 21 heavy (non-hydrogen) atoms. The van der Waals surface area contributed by atoms with Gasteiger partial charge in [-0.3, -0.25) is 4.79 Å². The number of nitrogens with two attached hydrogens (primary N) is 1. The number of hydrogen-bond donors (Lipinski definition) is 2. The minimum absolute atomic E-state index is 0. The summed E-state index contributed by atoms with van der Waals surface area (Å²) in [4.78, 5) is 12.2. The first kappa shape index (κ1) is 19.9. The van der Waals surface area contributed by atoms with Crippen LogP contribution in [0.1, 0.15) is 32.3 Å². The van der Waals surface area contributed by atoms with Crippen molar-refractivity contribution in [2.24, 2.45) is 5.73 Å². The van der Waals surface area contributed by atoms with Crippen LogP contribution in [0.15, 0.2) is 29.2 Å². The maximum atomic E-state index is 11.9. The lowest BCUT2D eigenvalue weighted by Gasteiger charge is -2.22. The summed E-state index contributed by atoms with van der Waals surface area (Å²) in [6, 6.07) is 6.43. The first-order valence-corrected chi connectivity index (χ1v) is 8.42. The number of hydrogen-bond acceptors (Lipinski definition) is 4. The molecule has 0 aromatic heterocycles. The van der Waals surface area contributed by atoms with Gasteiger partial charge in [-0.15, -0.1) is 12.4 Å². The Hall–Kier alpha value is -1.11. The van der Waals surface area contributed by atoms with E-state index in [0.717, 1.165) is 18.2 Å². The zero-order chi connectivity index (χ0) is 15.4. The van der Waals surface area contributed by atoms with Crippen molar-refractivity contribution in [3.63, 3.8) is 0 Å². The van der Waals surface area contributed by atoms with Crippen molar-refractivity contribution in [3.05, 3.63) is 29.8 Å². The summed E-state index contributed by atoms with van der Waals surface area (Å²) < 4.78 is 22.7. The zero-order valence-electron chi connectivity index (χ0n) is 12.5. The van der Waals surface area contributed by atoms with Gasteiger partial charge in [0.05, 0.1) is 10.4 Å². The molecule has 0 spiro atoms. The van der Waals surface area contributed by atoms with Gasteiger partial charge in [0.25, 0.3) is 0 Å². The topological polar surface area (TPSA) is 89.3 Å². The molecule has 3 N–H and O–H groups in total. The van der Waals surface area contributed by atoms with E-state index in [9.17, 15) is 13.2 Å². The van der Waals surface area contributed by atoms with Gasteiger partial charge in [0, 0.05) is 12.8 Å². The van der Waals surface area contributed by atoms with Crippen molar-refractivity contribution >= 4 is 28.2 Å². The number of carbonyl (C=O) groups excluding carboxylic acids is 1. The number of nitrogens with one attached hydrogen (secondary N) is 1. The molecule has 0 saturated heterocycles. The second-order valence-corrected chi connectivity index (χ2v) is 7.28. The van der Waals surface area contributed by atoms with E-state index in [1.165, 1.54) is 12.1 Å². The Kier molecular flexibility index (Phi) is 7.36. The zero-order valence-corrected chi connectivity index (χ0v) is 14.2. The predicted molar refractivity (Wildman–Crippen MR) is 86.1 cm³/mol. The van der Waals surface area contributed by atoms with Gasteiger partial charge in [-0.05, 0) is 31.0 Å². The molecule has 1 aromatic rings. The molecule has 0 aliphatic heterocycles. The monoisotopic (exact) mass is 334 g/mol. The van der Waals surface area contributed by atoms with E-state index < -0.39 is 15.4 Å². The smallest absolute Gasteiger partial charge is 0.240 e. The fraction of sp³-hybridized carbons (Fsp3) is 0.500. The lowest BCUT2D eigenvalue weighted by atomic mass is 9.96. The molecule has 1 unspecified atom stereocenters. The van der Waals surface area contributed by atoms with Crippen LogP contribution in [0.4, 0.5) is 0 Å². The standard InChI is InChI=1S/C14H22N2O3S.ClH/c1-4-9-14(2,15)13(17)16-10-11-5-7-12(8-6-11)20(3,18)19;/h5-8H,4,9-10,15H2,1-3H3,(H,16,17);1H. The van der Waals surface area contributed by atoms with Gasteiger partial charge >= 0.3 is 0 Å². The molecule has 1 rings (SSSR count).